The van der Waals surface area contributed by atoms with Crippen molar-refractivity contribution in [3.8, 4) is 0 Å². The summed E-state index contributed by atoms with van der Waals surface area (Å²) < 4.78 is 0. The molecule has 148 valence electrons. The molecule has 1 aliphatic rings. The topological polar surface area (TPSA) is 74.8 Å². The first-order valence-corrected chi connectivity index (χ1v) is 11.1. The number of hydrogen-bond acceptors (Lipinski definition) is 4. The molecule has 2 N–H and O–H groups in total. The zero-order valence-corrected chi connectivity index (χ0v) is 17.5. The van der Waals surface area contributed by atoms with E-state index in [-0.39, 0.29) is 17.5 Å². The summed E-state index contributed by atoms with van der Waals surface area (Å²) >= 11 is 1.65. The van der Waals surface area contributed by atoms with Crippen molar-refractivity contribution in [2.75, 3.05) is 0 Å². The number of rotatable bonds is 8. The molecule has 0 radical (unpaired) electrons. The molecule has 0 spiro atoms. The maximum atomic E-state index is 12.5. The summed E-state index contributed by atoms with van der Waals surface area (Å²) in [5, 5.41) is 3.84. The Morgan fingerprint density at radius 3 is 2.78 bits per heavy atom. The molecule has 0 saturated heterocycles. The summed E-state index contributed by atoms with van der Waals surface area (Å²) in [5.74, 6) is 1.35. The van der Waals surface area contributed by atoms with Crippen molar-refractivity contribution in [1.29, 1.82) is 0 Å². The molecule has 2 aromatic rings. The first-order valence-electron chi connectivity index (χ1n) is 10.3. The van der Waals surface area contributed by atoms with Gasteiger partial charge in [0.2, 0.25) is 5.91 Å². The van der Waals surface area contributed by atoms with Crippen molar-refractivity contribution in [3.63, 3.8) is 0 Å². The van der Waals surface area contributed by atoms with E-state index in [4.69, 9.17) is 0 Å². The maximum Gasteiger partial charge on any atom is 0.259 e. The van der Waals surface area contributed by atoms with Gasteiger partial charge in [0.25, 0.3) is 5.56 Å². The Bertz CT molecular complexity index is 853. The fourth-order valence-corrected chi connectivity index (χ4v) is 5.09. The molecule has 0 aliphatic heterocycles. The minimum Gasteiger partial charge on any atom is -0.354 e. The van der Waals surface area contributed by atoms with E-state index in [0.29, 0.717) is 24.6 Å². The van der Waals surface area contributed by atoms with Crippen LogP contribution in [0.3, 0.4) is 0 Å². The van der Waals surface area contributed by atoms with Gasteiger partial charge < -0.3 is 10.3 Å². The van der Waals surface area contributed by atoms with Crippen LogP contribution in [0.5, 0.6) is 0 Å². The van der Waals surface area contributed by atoms with Crippen LogP contribution in [0.1, 0.15) is 75.6 Å². The van der Waals surface area contributed by atoms with Crippen LogP contribution in [0.2, 0.25) is 0 Å². The van der Waals surface area contributed by atoms with E-state index in [0.717, 1.165) is 42.3 Å². The average Bonchev–Trinajstić information content (AvgIpc) is 2.98. The predicted molar refractivity (Wildman–Crippen MR) is 111 cm³/mol. The van der Waals surface area contributed by atoms with Gasteiger partial charge in [0.1, 0.15) is 10.7 Å². The van der Waals surface area contributed by atoms with Gasteiger partial charge >= 0.3 is 0 Å². The van der Waals surface area contributed by atoms with E-state index in [2.05, 4.69) is 36.1 Å². The minimum absolute atomic E-state index is 0.0280. The number of hydrogen-bond donors (Lipinski definition) is 2. The van der Waals surface area contributed by atoms with Gasteiger partial charge in [-0.3, -0.25) is 9.59 Å². The molecule has 6 heteroatoms. The lowest BCUT2D eigenvalue weighted by Gasteiger charge is -2.14. The first kappa shape index (κ1) is 20.1. The second-order valence-electron chi connectivity index (χ2n) is 8.20. The van der Waals surface area contributed by atoms with Crippen LogP contribution in [-0.2, 0) is 24.1 Å². The largest absolute Gasteiger partial charge is 0.354 e. The van der Waals surface area contributed by atoms with Gasteiger partial charge in [-0.05, 0) is 50.5 Å². The normalized spacial score (nSPS) is 15.1. The van der Waals surface area contributed by atoms with E-state index in [1.54, 1.807) is 11.3 Å². The Balaban J connectivity index is 1.57. The summed E-state index contributed by atoms with van der Waals surface area (Å²) in [6.07, 6.45) is 8.54. The smallest absolute Gasteiger partial charge is 0.259 e. The molecule has 1 aliphatic carbocycles. The maximum absolute atomic E-state index is 12.5. The molecule has 0 saturated carbocycles. The quantitative estimate of drug-likeness (QED) is 0.713. The van der Waals surface area contributed by atoms with Gasteiger partial charge in [-0.25, -0.2) is 4.98 Å². The van der Waals surface area contributed by atoms with Crippen LogP contribution in [0.25, 0.3) is 10.2 Å². The minimum atomic E-state index is -0.0446. The molecule has 1 atom stereocenters. The summed E-state index contributed by atoms with van der Waals surface area (Å²) in [6.45, 7) is 6.50. The fraction of sp³-hybridized carbons (Fsp3) is 0.667. The zero-order valence-electron chi connectivity index (χ0n) is 16.7. The van der Waals surface area contributed by atoms with E-state index >= 15 is 0 Å². The summed E-state index contributed by atoms with van der Waals surface area (Å²) in [5.41, 5.74) is 1.16. The standard InChI is InChI=1S/C21H31N3O2S/c1-13(2)7-6-8-14(3)22-18(25)12-11-17-23-20(26)19-15-9-4-5-10-16(15)27-21(19)24-17/h13-14H,4-12H2,1-3H3,(H,22,25)(H,23,24,26)/t14-/m1/s1. The number of nitrogens with one attached hydrogen (secondary N) is 2. The third-order valence-corrected chi connectivity index (χ3v) is 6.47. The van der Waals surface area contributed by atoms with Gasteiger partial charge in [0.05, 0.1) is 5.39 Å². The number of nitrogens with zero attached hydrogens (tertiary/aromatic N) is 1. The Kier molecular flexibility index (Phi) is 6.68. The summed E-state index contributed by atoms with van der Waals surface area (Å²) in [6, 6.07) is 0.190. The molecule has 27 heavy (non-hydrogen) atoms. The van der Waals surface area contributed by atoms with E-state index in [9.17, 15) is 9.59 Å². The number of aromatic nitrogens is 2. The number of H-pyrrole nitrogens is 1. The molecule has 5 nitrogen and oxygen atoms in total. The number of carbonyl (C=O) groups excluding carboxylic acids is 1. The Morgan fingerprint density at radius 1 is 1.22 bits per heavy atom. The van der Waals surface area contributed by atoms with Crippen LogP contribution in [0, 0.1) is 5.92 Å². The van der Waals surface area contributed by atoms with Gasteiger partial charge in [-0.2, -0.15) is 0 Å². The molecule has 3 rings (SSSR count). The number of fused-ring (bicyclic) bond motifs is 3. The van der Waals surface area contributed by atoms with Crippen molar-refractivity contribution in [1.82, 2.24) is 15.3 Å². The average molecular weight is 390 g/mol. The molecule has 0 unspecified atom stereocenters. The van der Waals surface area contributed by atoms with Crippen molar-refractivity contribution >= 4 is 27.5 Å². The highest BCUT2D eigenvalue weighted by molar-refractivity contribution is 7.18. The van der Waals surface area contributed by atoms with Crippen molar-refractivity contribution in [2.24, 2.45) is 5.92 Å². The summed E-state index contributed by atoms with van der Waals surface area (Å²) in [4.78, 5) is 34.4. The second kappa shape index (κ2) is 9.00. The second-order valence-corrected chi connectivity index (χ2v) is 9.28. The lowest BCUT2D eigenvalue weighted by molar-refractivity contribution is -0.121. The molecule has 1 amide bonds. The van der Waals surface area contributed by atoms with Crippen LogP contribution in [-0.4, -0.2) is 21.9 Å². The third-order valence-electron chi connectivity index (χ3n) is 5.29. The van der Waals surface area contributed by atoms with Gasteiger partial charge in [0.15, 0.2) is 0 Å². The molecular formula is C21H31N3O2S. The van der Waals surface area contributed by atoms with Crippen LogP contribution in [0.15, 0.2) is 4.79 Å². The molecule has 0 bridgehead atoms. The van der Waals surface area contributed by atoms with Gasteiger partial charge in [-0.15, -0.1) is 11.3 Å². The van der Waals surface area contributed by atoms with Crippen LogP contribution in [0.4, 0.5) is 0 Å². The van der Waals surface area contributed by atoms with E-state index in [1.165, 1.54) is 23.3 Å². The fourth-order valence-electron chi connectivity index (χ4n) is 3.81. The molecule has 2 aromatic heterocycles. The van der Waals surface area contributed by atoms with Crippen molar-refractivity contribution < 1.29 is 4.79 Å². The highest BCUT2D eigenvalue weighted by Gasteiger charge is 2.20. The number of amides is 1. The molecule has 0 aromatic carbocycles. The first-order chi connectivity index (χ1) is 12.9. The Labute approximate surface area is 165 Å². The lowest BCUT2D eigenvalue weighted by Crippen LogP contribution is -2.32. The van der Waals surface area contributed by atoms with Crippen molar-refractivity contribution in [2.45, 2.75) is 84.6 Å². The van der Waals surface area contributed by atoms with Crippen LogP contribution >= 0.6 is 11.3 Å². The third kappa shape index (κ3) is 5.18. The number of aromatic amines is 1. The van der Waals surface area contributed by atoms with Crippen LogP contribution < -0.4 is 10.9 Å². The zero-order chi connectivity index (χ0) is 19.4. The molecular weight excluding hydrogens is 358 g/mol. The monoisotopic (exact) mass is 389 g/mol. The highest BCUT2D eigenvalue weighted by Crippen LogP contribution is 2.33. The van der Waals surface area contributed by atoms with Gasteiger partial charge in [0, 0.05) is 23.8 Å². The number of carbonyl (C=O) groups is 1. The van der Waals surface area contributed by atoms with E-state index < -0.39 is 0 Å². The number of thiophene rings is 1. The number of aryl methyl sites for hydroxylation is 3. The van der Waals surface area contributed by atoms with E-state index in [1.807, 2.05) is 0 Å². The van der Waals surface area contributed by atoms with Crippen molar-refractivity contribution in [3.05, 3.63) is 26.6 Å². The molecule has 2 heterocycles. The predicted octanol–water partition coefficient (Wildman–Crippen LogP) is 4.13. The Morgan fingerprint density at radius 2 is 2.00 bits per heavy atom. The SMILES string of the molecule is CC(C)CCC[C@@H](C)NC(=O)CCc1nc2sc3c(c2c(=O)[nH]1)CCCC3. The lowest BCUT2D eigenvalue weighted by atomic mass is 9.97. The highest BCUT2D eigenvalue weighted by atomic mass is 32.1. The van der Waals surface area contributed by atoms with Gasteiger partial charge in [-0.1, -0.05) is 26.7 Å². The summed E-state index contributed by atoms with van der Waals surface area (Å²) in [7, 11) is 0. The Hall–Kier alpha value is -1.69. The molecule has 0 fully saturated rings.